The fourth-order valence-electron chi connectivity index (χ4n) is 4.95. The van der Waals surface area contributed by atoms with Crippen molar-refractivity contribution in [2.75, 3.05) is 39.5 Å². The van der Waals surface area contributed by atoms with Crippen LogP contribution in [0.5, 0.6) is 11.5 Å². The fourth-order valence-corrected chi connectivity index (χ4v) is 5.66. The Balaban J connectivity index is 0.000000463. The molecule has 0 radical (unpaired) electrons. The molecule has 0 aliphatic rings. The lowest BCUT2D eigenvalue weighted by Gasteiger charge is -2.23. The smallest absolute Gasteiger partial charge is 0.241 e. The fraction of sp³-hybridized carbons (Fsp3) is 0.639. The molecular weight excluding hydrogens is 586 g/mol. The van der Waals surface area contributed by atoms with Crippen LogP contribution in [0.25, 0.3) is 0 Å². The lowest BCUT2D eigenvalue weighted by atomic mass is 10.0. The maximum atomic E-state index is 12.0. The molecule has 0 aliphatic carbocycles. The first kappa shape index (κ1) is 40.4. The molecule has 2 aromatic rings. The molecule has 45 heavy (non-hydrogen) atoms. The number of benzene rings is 2. The lowest BCUT2D eigenvalue weighted by molar-refractivity contribution is -0.870. The number of nitrogens with two attached hydrogens (primary N) is 1. The van der Waals surface area contributed by atoms with Gasteiger partial charge >= 0.3 is 0 Å². The average molecular weight is 648 g/mol. The van der Waals surface area contributed by atoms with E-state index in [9.17, 15) is 18.3 Å². The number of aromatic carboxylic acids is 1. The van der Waals surface area contributed by atoms with Gasteiger partial charge in [0.05, 0.1) is 39.3 Å². The first-order chi connectivity index (χ1) is 21.4. The first-order valence-electron chi connectivity index (χ1n) is 17.1. The second-order valence-electron chi connectivity index (χ2n) is 13.0. The monoisotopic (exact) mass is 647 g/mol. The minimum atomic E-state index is -4.22. The van der Waals surface area contributed by atoms with E-state index in [2.05, 4.69) is 33.4 Å². The third-order valence-corrected chi connectivity index (χ3v) is 8.50. The quantitative estimate of drug-likeness (QED) is 0.0935. The number of carbonyl (C=O) groups is 1. The molecule has 0 aromatic heterocycles. The molecule has 2 aromatic carbocycles. The molecule has 0 fully saturated rings. The van der Waals surface area contributed by atoms with Crippen molar-refractivity contribution in [3.05, 3.63) is 48.0 Å². The topological polar surface area (TPSA) is 122 Å². The number of anilines is 1. The van der Waals surface area contributed by atoms with Gasteiger partial charge in [-0.2, -0.15) is 0 Å². The Bertz CT molecular complexity index is 1180. The highest BCUT2D eigenvalue weighted by Crippen LogP contribution is 2.37. The number of hydrogen-bond acceptors (Lipinski definition) is 6. The van der Waals surface area contributed by atoms with Crippen molar-refractivity contribution >= 4 is 21.7 Å². The summed E-state index contributed by atoms with van der Waals surface area (Å²) in [4.78, 5) is 10.8. The van der Waals surface area contributed by atoms with Crippen molar-refractivity contribution in [1.29, 1.82) is 0 Å². The third kappa shape index (κ3) is 19.5. The SMILES string of the molecule is CCCCCCCCCCCCCCCC[N+](C)(C)C.CCCCNc1cc(C(=O)[O-])cc(S(N)(=O)=O)c1Oc1ccccc1. The highest BCUT2D eigenvalue weighted by Gasteiger charge is 2.22. The third-order valence-electron chi connectivity index (χ3n) is 7.59. The molecule has 0 unspecified atom stereocenters. The maximum Gasteiger partial charge on any atom is 0.241 e. The maximum absolute atomic E-state index is 12.0. The number of quaternary nitrogens is 1. The van der Waals surface area contributed by atoms with Gasteiger partial charge < -0.3 is 24.4 Å². The first-order valence-corrected chi connectivity index (χ1v) is 18.6. The average Bonchev–Trinajstić information content (AvgIpc) is 2.97. The van der Waals surface area contributed by atoms with Gasteiger partial charge in [-0.1, -0.05) is 116 Å². The van der Waals surface area contributed by atoms with Gasteiger partial charge in [-0.05, 0) is 43.5 Å². The largest absolute Gasteiger partial charge is 0.545 e. The molecule has 9 heteroatoms. The molecule has 0 spiro atoms. The van der Waals surface area contributed by atoms with Crippen LogP contribution in [0.2, 0.25) is 0 Å². The highest BCUT2D eigenvalue weighted by atomic mass is 32.2. The number of carboxylic acids is 1. The van der Waals surface area contributed by atoms with Gasteiger partial charge in [-0.15, -0.1) is 0 Å². The Morgan fingerprint density at radius 2 is 1.27 bits per heavy atom. The molecule has 0 saturated carbocycles. The van der Waals surface area contributed by atoms with E-state index in [1.807, 2.05) is 6.92 Å². The molecular formula is C36H61N3O5S. The van der Waals surface area contributed by atoms with Crippen LogP contribution >= 0.6 is 0 Å². The van der Waals surface area contributed by atoms with Crippen molar-refractivity contribution in [1.82, 2.24) is 0 Å². The molecule has 2 rings (SSSR count). The van der Waals surface area contributed by atoms with Gasteiger partial charge in [-0.25, -0.2) is 13.6 Å². The molecule has 0 heterocycles. The van der Waals surface area contributed by atoms with Crippen molar-refractivity contribution in [3.8, 4) is 11.5 Å². The molecule has 0 bridgehead atoms. The minimum absolute atomic E-state index is 0.0465. The van der Waals surface area contributed by atoms with Gasteiger partial charge in [0.1, 0.15) is 10.6 Å². The Morgan fingerprint density at radius 1 is 0.778 bits per heavy atom. The zero-order valence-corrected chi connectivity index (χ0v) is 29.6. The Hall–Kier alpha value is -2.62. The predicted octanol–water partition coefficient (Wildman–Crippen LogP) is 7.88. The van der Waals surface area contributed by atoms with Gasteiger partial charge in [0.15, 0.2) is 5.75 Å². The number of rotatable bonds is 23. The van der Waals surface area contributed by atoms with Crippen LogP contribution in [-0.4, -0.2) is 53.1 Å². The number of unbranched alkanes of at least 4 members (excludes halogenated alkanes) is 14. The van der Waals surface area contributed by atoms with E-state index in [4.69, 9.17) is 9.88 Å². The Morgan fingerprint density at radius 3 is 1.71 bits per heavy atom. The number of para-hydroxylation sites is 1. The zero-order valence-electron chi connectivity index (χ0n) is 28.7. The number of primary sulfonamides is 1. The normalized spacial score (nSPS) is 11.5. The van der Waals surface area contributed by atoms with Gasteiger partial charge in [0, 0.05) is 12.1 Å². The van der Waals surface area contributed by atoms with Gasteiger partial charge in [0.2, 0.25) is 10.0 Å². The zero-order chi connectivity index (χ0) is 33.6. The summed E-state index contributed by atoms with van der Waals surface area (Å²) in [6.07, 6.45) is 22.1. The summed E-state index contributed by atoms with van der Waals surface area (Å²) in [7, 11) is 2.66. The number of ether oxygens (including phenoxy) is 1. The number of hydrogen-bond donors (Lipinski definition) is 2. The van der Waals surface area contributed by atoms with Crippen LogP contribution in [-0.2, 0) is 10.0 Å². The van der Waals surface area contributed by atoms with Gasteiger partial charge in [0.25, 0.3) is 0 Å². The minimum Gasteiger partial charge on any atom is -0.545 e. The lowest BCUT2D eigenvalue weighted by Crippen LogP contribution is -2.35. The molecule has 0 atom stereocenters. The number of nitrogens with zero attached hydrogens (tertiary/aromatic N) is 1. The molecule has 0 aliphatic heterocycles. The number of sulfonamides is 1. The summed E-state index contributed by atoms with van der Waals surface area (Å²) in [5.74, 6) is -1.16. The van der Waals surface area contributed by atoms with E-state index in [0.717, 1.165) is 23.4 Å². The van der Waals surface area contributed by atoms with E-state index < -0.39 is 20.9 Å². The van der Waals surface area contributed by atoms with Crippen molar-refractivity contribution < 1.29 is 27.5 Å². The summed E-state index contributed by atoms with van der Waals surface area (Å²) in [6.45, 7) is 6.14. The molecule has 8 nitrogen and oxygen atoms in total. The van der Waals surface area contributed by atoms with E-state index in [1.165, 1.54) is 103 Å². The van der Waals surface area contributed by atoms with E-state index >= 15 is 0 Å². The Labute approximate surface area is 274 Å². The van der Waals surface area contributed by atoms with Crippen molar-refractivity contribution in [2.24, 2.45) is 5.14 Å². The summed E-state index contributed by atoms with van der Waals surface area (Å²) in [5, 5.41) is 19.5. The molecule has 0 saturated heterocycles. The standard InChI is InChI=1S/C19H42N.C17H20N2O5S/c1-5-6-7-8-9-10-11-12-13-14-15-16-17-18-19-20(2,3)4;1-2-3-9-19-14-10-12(17(20)21)11-15(25(18,22)23)16(14)24-13-7-5-4-6-8-13/h5-19H2,1-4H3;4-8,10-11,19H,2-3,9H2,1H3,(H,20,21)(H2,18,22,23)/q+1;/p-1. The molecule has 3 N–H and O–H groups in total. The summed E-state index contributed by atoms with van der Waals surface area (Å²) < 4.78 is 30.7. The van der Waals surface area contributed by atoms with Crippen molar-refractivity contribution in [3.63, 3.8) is 0 Å². The predicted molar refractivity (Wildman–Crippen MR) is 185 cm³/mol. The van der Waals surface area contributed by atoms with Crippen LogP contribution in [0.3, 0.4) is 0 Å². The molecule has 256 valence electrons. The van der Waals surface area contributed by atoms with E-state index in [1.54, 1.807) is 30.3 Å². The summed E-state index contributed by atoms with van der Waals surface area (Å²) in [6, 6.07) is 10.8. The number of nitrogens with one attached hydrogen (secondary N) is 1. The second-order valence-corrected chi connectivity index (χ2v) is 14.5. The van der Waals surface area contributed by atoms with E-state index in [0.29, 0.717) is 12.3 Å². The van der Waals surface area contributed by atoms with Crippen LogP contribution in [0, 0.1) is 0 Å². The Kier molecular flexibility index (Phi) is 20.5. The molecule has 0 amide bonds. The van der Waals surface area contributed by atoms with Crippen LogP contribution in [0.15, 0.2) is 47.4 Å². The highest BCUT2D eigenvalue weighted by molar-refractivity contribution is 7.89. The van der Waals surface area contributed by atoms with E-state index in [-0.39, 0.29) is 17.0 Å². The van der Waals surface area contributed by atoms with Crippen LogP contribution in [0.1, 0.15) is 127 Å². The van der Waals surface area contributed by atoms with Gasteiger partial charge in [-0.3, -0.25) is 0 Å². The number of carbonyl (C=O) groups excluding carboxylic acids is 1. The van der Waals surface area contributed by atoms with Crippen LogP contribution < -0.4 is 20.3 Å². The number of carboxylic acid groups (broad SMARTS) is 1. The summed E-state index contributed by atoms with van der Waals surface area (Å²) in [5.41, 5.74) is -0.0773. The second kappa shape index (κ2) is 22.8. The van der Waals surface area contributed by atoms with Crippen molar-refractivity contribution in [2.45, 2.75) is 121 Å². The van der Waals surface area contributed by atoms with Crippen LogP contribution in [0.4, 0.5) is 5.69 Å². The summed E-state index contributed by atoms with van der Waals surface area (Å²) >= 11 is 0.